The Balaban J connectivity index is 0. The van der Waals surface area contributed by atoms with Crippen LogP contribution in [0, 0.1) is 11.3 Å². The maximum atomic E-state index is 10.6. The summed E-state index contributed by atoms with van der Waals surface area (Å²) in [4.78, 5) is 10.6. The molecule has 0 aliphatic heterocycles. The summed E-state index contributed by atoms with van der Waals surface area (Å²) in [5.41, 5.74) is 0.273. The van der Waals surface area contributed by atoms with Crippen LogP contribution in [-0.2, 0) is 9.53 Å². The highest BCUT2D eigenvalue weighted by molar-refractivity contribution is 5.86. The van der Waals surface area contributed by atoms with E-state index in [1.54, 1.807) is 6.07 Å². The van der Waals surface area contributed by atoms with Crippen LogP contribution in [-0.4, -0.2) is 35.5 Å². The van der Waals surface area contributed by atoms with Crippen LogP contribution >= 0.6 is 0 Å². The number of carbonyl (C=O) groups excluding carboxylic acids is 1. The van der Waals surface area contributed by atoms with Gasteiger partial charge in [0.2, 0.25) is 0 Å². The Kier molecular flexibility index (Phi) is 11.0. The van der Waals surface area contributed by atoms with Crippen LogP contribution in [0.2, 0.25) is 0 Å². The number of aliphatic hydroxyl groups is 2. The monoisotopic (exact) mass is 213 g/mol. The normalized spacial score (nSPS) is 10.0. The van der Waals surface area contributed by atoms with E-state index in [4.69, 9.17) is 15.5 Å². The van der Waals surface area contributed by atoms with Gasteiger partial charge in [-0.2, -0.15) is 5.26 Å². The van der Waals surface area contributed by atoms with E-state index in [1.807, 2.05) is 0 Å². The average molecular weight is 213 g/mol. The number of ether oxygens (including phenoxy) is 1. The molecule has 5 nitrogen and oxygen atoms in total. The third-order valence-corrected chi connectivity index (χ3v) is 1.06. The Labute approximate surface area is 88.9 Å². The van der Waals surface area contributed by atoms with Gasteiger partial charge in [-0.05, 0) is 6.92 Å². The Hall–Kier alpha value is -1.64. The molecule has 15 heavy (non-hydrogen) atoms. The van der Waals surface area contributed by atoms with Gasteiger partial charge in [0.25, 0.3) is 0 Å². The van der Waals surface area contributed by atoms with E-state index >= 15 is 0 Å². The molecule has 0 bridgehead atoms. The number of carbonyl (C=O) groups is 1. The number of aliphatic hydroxyl groups excluding tert-OH is 2. The molecule has 0 saturated carbocycles. The van der Waals surface area contributed by atoms with E-state index in [2.05, 4.69) is 17.9 Å². The van der Waals surface area contributed by atoms with Gasteiger partial charge in [0.15, 0.2) is 0 Å². The minimum Gasteiger partial charge on any atom is -0.460 e. The quantitative estimate of drug-likeness (QED) is 0.394. The molecule has 0 heterocycles. The lowest BCUT2D eigenvalue weighted by Crippen LogP contribution is -2.22. The molecular weight excluding hydrogens is 198 g/mol. The molecule has 0 aromatic heterocycles. The van der Waals surface area contributed by atoms with Crippen molar-refractivity contribution in [1.82, 2.24) is 0 Å². The summed E-state index contributed by atoms with van der Waals surface area (Å²) in [5, 5.41) is 24.6. The van der Waals surface area contributed by atoms with E-state index in [9.17, 15) is 4.79 Å². The maximum Gasteiger partial charge on any atom is 0.333 e. The van der Waals surface area contributed by atoms with Crippen LogP contribution in [0.1, 0.15) is 6.92 Å². The Morgan fingerprint density at radius 1 is 1.73 bits per heavy atom. The SMILES string of the molecule is C=C(C)C(=O)OCC(O)CO.C=CC#N. The number of nitrogens with zero attached hydrogens (tertiary/aromatic N) is 1. The number of nitriles is 1. The second-order valence-electron chi connectivity index (χ2n) is 2.55. The van der Waals surface area contributed by atoms with Crippen LogP contribution in [0.15, 0.2) is 24.8 Å². The summed E-state index contributed by atoms with van der Waals surface area (Å²) in [7, 11) is 0. The molecule has 0 amide bonds. The van der Waals surface area contributed by atoms with Gasteiger partial charge in [0.05, 0.1) is 12.7 Å². The Morgan fingerprint density at radius 3 is 2.47 bits per heavy atom. The number of esters is 1. The Morgan fingerprint density at radius 2 is 2.20 bits per heavy atom. The van der Waals surface area contributed by atoms with Crippen molar-refractivity contribution in [2.75, 3.05) is 13.2 Å². The van der Waals surface area contributed by atoms with Crippen molar-refractivity contribution in [2.45, 2.75) is 13.0 Å². The number of hydrogen-bond donors (Lipinski definition) is 2. The highest BCUT2D eigenvalue weighted by Gasteiger charge is 2.07. The van der Waals surface area contributed by atoms with E-state index in [1.165, 1.54) is 13.0 Å². The van der Waals surface area contributed by atoms with Crippen molar-refractivity contribution < 1.29 is 19.7 Å². The molecule has 0 rings (SSSR count). The van der Waals surface area contributed by atoms with Crippen molar-refractivity contribution >= 4 is 5.97 Å². The first-order valence-corrected chi connectivity index (χ1v) is 4.11. The van der Waals surface area contributed by atoms with E-state index in [-0.39, 0.29) is 12.2 Å². The van der Waals surface area contributed by atoms with Crippen LogP contribution in [0.5, 0.6) is 0 Å². The predicted molar refractivity (Wildman–Crippen MR) is 54.7 cm³/mol. The van der Waals surface area contributed by atoms with Crippen molar-refractivity contribution in [1.29, 1.82) is 5.26 Å². The van der Waals surface area contributed by atoms with Crippen LogP contribution in [0.3, 0.4) is 0 Å². The third-order valence-electron chi connectivity index (χ3n) is 1.06. The van der Waals surface area contributed by atoms with Gasteiger partial charge in [-0.1, -0.05) is 13.2 Å². The zero-order valence-electron chi connectivity index (χ0n) is 8.64. The molecule has 0 aliphatic rings. The van der Waals surface area contributed by atoms with Crippen LogP contribution in [0.4, 0.5) is 0 Å². The first-order chi connectivity index (χ1) is 6.99. The van der Waals surface area contributed by atoms with Gasteiger partial charge in [-0.15, -0.1) is 0 Å². The predicted octanol–water partition coefficient (Wildman–Crippen LogP) is 0.155. The largest absolute Gasteiger partial charge is 0.460 e. The summed E-state index contributed by atoms with van der Waals surface area (Å²) in [6, 6.07) is 1.69. The van der Waals surface area contributed by atoms with E-state index < -0.39 is 18.7 Å². The van der Waals surface area contributed by atoms with Gasteiger partial charge in [-0.3, -0.25) is 0 Å². The number of allylic oxidation sites excluding steroid dienone is 1. The molecule has 0 aromatic carbocycles. The van der Waals surface area contributed by atoms with Gasteiger partial charge in [0, 0.05) is 11.6 Å². The van der Waals surface area contributed by atoms with Crippen molar-refractivity contribution in [2.24, 2.45) is 0 Å². The highest BCUT2D eigenvalue weighted by atomic mass is 16.5. The highest BCUT2D eigenvalue weighted by Crippen LogP contribution is 1.93. The molecule has 0 radical (unpaired) electrons. The molecule has 1 atom stereocenters. The molecule has 5 heteroatoms. The Bertz CT molecular complexity index is 255. The fourth-order valence-electron chi connectivity index (χ4n) is 0.348. The van der Waals surface area contributed by atoms with Gasteiger partial charge >= 0.3 is 5.97 Å². The van der Waals surface area contributed by atoms with Gasteiger partial charge in [-0.25, -0.2) is 4.79 Å². The van der Waals surface area contributed by atoms with E-state index in [0.717, 1.165) is 0 Å². The minimum atomic E-state index is -1.00. The van der Waals surface area contributed by atoms with Crippen molar-refractivity contribution in [3.8, 4) is 6.07 Å². The summed E-state index contributed by atoms with van der Waals surface area (Å²) < 4.78 is 4.51. The summed E-state index contributed by atoms with van der Waals surface area (Å²) in [6.07, 6.45) is 0.179. The molecule has 0 fully saturated rings. The van der Waals surface area contributed by atoms with Crippen molar-refractivity contribution in [3.63, 3.8) is 0 Å². The lowest BCUT2D eigenvalue weighted by atomic mass is 10.3. The minimum absolute atomic E-state index is 0.192. The third kappa shape index (κ3) is 12.4. The molecule has 0 spiro atoms. The van der Waals surface area contributed by atoms with E-state index in [0.29, 0.717) is 0 Å². The molecule has 0 saturated heterocycles. The molecule has 2 N–H and O–H groups in total. The van der Waals surface area contributed by atoms with Crippen molar-refractivity contribution in [3.05, 3.63) is 24.8 Å². The van der Waals surface area contributed by atoms with Crippen LogP contribution < -0.4 is 0 Å². The first kappa shape index (κ1) is 15.8. The lowest BCUT2D eigenvalue weighted by molar-refractivity contribution is -0.142. The van der Waals surface area contributed by atoms with Gasteiger partial charge in [0.1, 0.15) is 12.7 Å². The fraction of sp³-hybridized carbons (Fsp3) is 0.400. The molecular formula is C10H15NO4. The second kappa shape index (κ2) is 10.4. The summed E-state index contributed by atoms with van der Waals surface area (Å²) in [6.45, 7) is 7.36. The summed E-state index contributed by atoms with van der Waals surface area (Å²) in [5.74, 6) is -0.558. The second-order valence-corrected chi connectivity index (χ2v) is 2.55. The first-order valence-electron chi connectivity index (χ1n) is 4.11. The molecule has 84 valence electrons. The topological polar surface area (TPSA) is 90.6 Å². The maximum absolute atomic E-state index is 10.6. The number of rotatable bonds is 4. The fourth-order valence-corrected chi connectivity index (χ4v) is 0.348. The molecule has 0 aliphatic carbocycles. The van der Waals surface area contributed by atoms with Crippen LogP contribution in [0.25, 0.3) is 0 Å². The molecule has 0 aromatic rings. The standard InChI is InChI=1S/C7H12O4.C3H3N/c1-5(2)7(10)11-4-6(9)3-8;1-2-3-4/h6,8-9H,1,3-4H2,2H3;2H,1H2. The average Bonchev–Trinajstić information content (AvgIpc) is 2.25. The zero-order chi connectivity index (χ0) is 12.3. The zero-order valence-corrected chi connectivity index (χ0v) is 8.64. The molecule has 1 unspecified atom stereocenters. The number of hydrogen-bond acceptors (Lipinski definition) is 5. The van der Waals surface area contributed by atoms with Gasteiger partial charge < -0.3 is 14.9 Å². The smallest absolute Gasteiger partial charge is 0.333 e. The summed E-state index contributed by atoms with van der Waals surface area (Å²) >= 11 is 0. The lowest BCUT2D eigenvalue weighted by Gasteiger charge is -2.07.